The molecule has 3 aromatic carbocycles. The van der Waals surface area contributed by atoms with Crippen molar-refractivity contribution >= 4 is 21.5 Å². The Bertz CT molecular complexity index is 1370. The van der Waals surface area contributed by atoms with Gasteiger partial charge >= 0.3 is 0 Å². The summed E-state index contributed by atoms with van der Waals surface area (Å²) < 4.78 is 31.1. The van der Waals surface area contributed by atoms with Crippen LogP contribution in [0.4, 0.5) is 11.4 Å². The van der Waals surface area contributed by atoms with E-state index in [1.807, 2.05) is 19.1 Å². The minimum atomic E-state index is -4.30. The average Bonchev–Trinajstić information content (AvgIpc) is 2.73. The Morgan fingerprint density at radius 3 is 1.97 bits per heavy atom. The lowest BCUT2D eigenvalue weighted by atomic mass is 10.2. The smallest absolute Gasteiger partial charge is 0.287 e. The number of rotatable bonds is 6. The van der Waals surface area contributed by atoms with Gasteiger partial charge in [0.05, 0.1) is 16.3 Å². The third-order valence-electron chi connectivity index (χ3n) is 4.19. The normalized spacial score (nSPS) is 12.7. The second-order valence-corrected chi connectivity index (χ2v) is 7.68. The van der Waals surface area contributed by atoms with Gasteiger partial charge in [0, 0.05) is 0 Å². The quantitative estimate of drug-likeness (QED) is 0.394. The van der Waals surface area contributed by atoms with E-state index in [1.165, 1.54) is 36.4 Å². The van der Waals surface area contributed by atoms with Crippen molar-refractivity contribution in [2.24, 2.45) is 10.2 Å². The van der Waals surface area contributed by atoms with Gasteiger partial charge < -0.3 is 0 Å². The molecule has 0 atom stereocenters. The molecular weight excluding hydrogens is 408 g/mol. The zero-order chi connectivity index (χ0) is 21.7. The van der Waals surface area contributed by atoms with Crippen LogP contribution < -0.4 is 32.4 Å². The standard InChI is InChI=1S/C20H18N4O5S/c1-2-13-3-5-14(6-4-13)22-24-19-18(25)12-11-17(20(19)26)23-21-15-7-9-16(10-8-15)30(27,28)29/h3-12,21-22H,2H2,1H3,(H,27,28,29)/b23-17+,24-19-. The van der Waals surface area contributed by atoms with Crippen molar-refractivity contribution in [3.8, 4) is 0 Å². The molecule has 0 aliphatic carbocycles. The van der Waals surface area contributed by atoms with Gasteiger partial charge in [-0.15, -0.1) is 0 Å². The van der Waals surface area contributed by atoms with E-state index in [9.17, 15) is 18.0 Å². The molecule has 0 saturated heterocycles. The Hall–Kier alpha value is -3.63. The van der Waals surface area contributed by atoms with Crippen LogP contribution in [0, 0.1) is 0 Å². The van der Waals surface area contributed by atoms with Crippen molar-refractivity contribution in [1.29, 1.82) is 0 Å². The van der Waals surface area contributed by atoms with Crippen LogP contribution in [0.5, 0.6) is 0 Å². The summed E-state index contributed by atoms with van der Waals surface area (Å²) in [6, 6.07) is 15.0. The molecule has 0 unspecified atom stereocenters. The lowest BCUT2D eigenvalue weighted by Crippen LogP contribution is -2.47. The van der Waals surface area contributed by atoms with Crippen LogP contribution in [-0.2, 0) is 16.5 Å². The van der Waals surface area contributed by atoms with Crippen molar-refractivity contribution in [3.63, 3.8) is 0 Å². The average molecular weight is 426 g/mol. The maximum absolute atomic E-state index is 12.5. The van der Waals surface area contributed by atoms with Crippen molar-refractivity contribution in [3.05, 3.63) is 97.4 Å². The number of nitrogens with zero attached hydrogens (tertiary/aromatic N) is 2. The van der Waals surface area contributed by atoms with Crippen molar-refractivity contribution < 1.29 is 13.0 Å². The zero-order valence-electron chi connectivity index (χ0n) is 15.9. The van der Waals surface area contributed by atoms with Gasteiger partial charge in [-0.2, -0.15) is 18.6 Å². The van der Waals surface area contributed by atoms with Crippen molar-refractivity contribution in [1.82, 2.24) is 0 Å². The van der Waals surface area contributed by atoms with E-state index in [0.717, 1.165) is 12.0 Å². The van der Waals surface area contributed by atoms with Crippen LogP contribution in [0.25, 0.3) is 0 Å². The first-order valence-electron chi connectivity index (χ1n) is 8.89. The minimum Gasteiger partial charge on any atom is -0.287 e. The molecular formula is C20H18N4O5S. The van der Waals surface area contributed by atoms with Crippen LogP contribution in [0.3, 0.4) is 0 Å². The predicted molar refractivity (Wildman–Crippen MR) is 112 cm³/mol. The molecule has 0 amide bonds. The first-order chi connectivity index (χ1) is 14.3. The maximum atomic E-state index is 12.5. The molecule has 9 nitrogen and oxygen atoms in total. The van der Waals surface area contributed by atoms with E-state index in [1.54, 1.807) is 12.1 Å². The molecule has 0 aromatic heterocycles. The van der Waals surface area contributed by atoms with E-state index in [-0.39, 0.29) is 15.6 Å². The molecule has 30 heavy (non-hydrogen) atoms. The molecule has 0 heterocycles. The molecule has 0 saturated carbocycles. The molecule has 0 aliphatic heterocycles. The third-order valence-corrected chi connectivity index (χ3v) is 5.06. The van der Waals surface area contributed by atoms with Gasteiger partial charge in [-0.05, 0) is 60.5 Å². The Morgan fingerprint density at radius 1 is 0.833 bits per heavy atom. The van der Waals surface area contributed by atoms with Crippen LogP contribution >= 0.6 is 0 Å². The molecule has 0 radical (unpaired) electrons. The topological polar surface area (TPSA) is 137 Å². The van der Waals surface area contributed by atoms with Gasteiger partial charge in [0.25, 0.3) is 10.1 Å². The number of aryl methyl sites for hydroxylation is 1. The van der Waals surface area contributed by atoms with Gasteiger partial charge in [-0.1, -0.05) is 19.1 Å². The summed E-state index contributed by atoms with van der Waals surface area (Å²) in [7, 11) is -4.30. The summed E-state index contributed by atoms with van der Waals surface area (Å²) in [5, 5.41) is 7.52. The van der Waals surface area contributed by atoms with E-state index < -0.39 is 21.0 Å². The summed E-state index contributed by atoms with van der Waals surface area (Å²) in [4.78, 5) is 24.3. The molecule has 3 aromatic rings. The lowest BCUT2D eigenvalue weighted by molar-refractivity contribution is 0.483. The summed E-state index contributed by atoms with van der Waals surface area (Å²) >= 11 is 0. The first kappa shape index (κ1) is 21.1. The second kappa shape index (κ2) is 8.80. The fourth-order valence-corrected chi connectivity index (χ4v) is 2.98. The fraction of sp³-hybridized carbons (Fsp3) is 0.100. The van der Waals surface area contributed by atoms with E-state index in [4.69, 9.17) is 4.55 Å². The van der Waals surface area contributed by atoms with Crippen molar-refractivity contribution in [2.45, 2.75) is 18.2 Å². The first-order valence-corrected chi connectivity index (χ1v) is 10.3. The number of anilines is 2. The second-order valence-electron chi connectivity index (χ2n) is 6.26. The Labute approximate surface area is 171 Å². The van der Waals surface area contributed by atoms with Crippen LogP contribution in [0.15, 0.2) is 85.4 Å². The highest BCUT2D eigenvalue weighted by atomic mass is 32.2. The largest absolute Gasteiger partial charge is 0.294 e. The highest BCUT2D eigenvalue weighted by Crippen LogP contribution is 2.13. The number of nitrogens with one attached hydrogen (secondary N) is 2. The van der Waals surface area contributed by atoms with Crippen LogP contribution in [-0.4, -0.2) is 13.0 Å². The van der Waals surface area contributed by atoms with Crippen LogP contribution in [0.1, 0.15) is 12.5 Å². The van der Waals surface area contributed by atoms with E-state index in [0.29, 0.717) is 11.4 Å². The molecule has 3 rings (SSSR count). The highest BCUT2D eigenvalue weighted by Gasteiger charge is 2.08. The predicted octanol–water partition coefficient (Wildman–Crippen LogP) is 0.947. The summed E-state index contributed by atoms with van der Waals surface area (Å²) in [5.74, 6) is 0. The Kier molecular flexibility index (Phi) is 6.19. The van der Waals surface area contributed by atoms with Crippen LogP contribution in [0.2, 0.25) is 0 Å². The third kappa shape index (κ3) is 5.04. The van der Waals surface area contributed by atoms with Gasteiger partial charge in [-0.25, -0.2) is 0 Å². The summed E-state index contributed by atoms with van der Waals surface area (Å²) in [6.45, 7) is 2.03. The number of hydrogen-bond acceptors (Lipinski definition) is 8. The molecule has 0 aliphatic rings. The minimum absolute atomic E-state index is 0.0460. The Balaban J connectivity index is 1.88. The van der Waals surface area contributed by atoms with Gasteiger partial charge in [0.2, 0.25) is 10.9 Å². The maximum Gasteiger partial charge on any atom is 0.294 e. The Morgan fingerprint density at radius 2 is 1.40 bits per heavy atom. The zero-order valence-corrected chi connectivity index (χ0v) is 16.7. The number of hydrogen-bond donors (Lipinski definition) is 3. The highest BCUT2D eigenvalue weighted by molar-refractivity contribution is 7.85. The molecule has 0 spiro atoms. The van der Waals surface area contributed by atoms with Gasteiger partial charge in [-0.3, -0.25) is 25.0 Å². The fourth-order valence-electron chi connectivity index (χ4n) is 2.50. The van der Waals surface area contributed by atoms with Crippen molar-refractivity contribution in [2.75, 3.05) is 10.9 Å². The number of benzene rings is 3. The molecule has 3 N–H and O–H groups in total. The monoisotopic (exact) mass is 426 g/mol. The molecule has 0 bridgehead atoms. The lowest BCUT2D eigenvalue weighted by Gasteiger charge is -2.01. The molecule has 0 fully saturated rings. The van der Waals surface area contributed by atoms with E-state index in [2.05, 4.69) is 21.1 Å². The van der Waals surface area contributed by atoms with Gasteiger partial charge in [0.1, 0.15) is 5.36 Å². The summed E-state index contributed by atoms with van der Waals surface area (Å²) in [6.07, 6.45) is 0.891. The molecule has 154 valence electrons. The molecule has 10 heteroatoms. The summed E-state index contributed by atoms with van der Waals surface area (Å²) in [5.41, 5.74) is 6.23. The SMILES string of the molecule is CCc1ccc(N/N=c2/c(=O)cc/c(=N\Nc3ccc(S(=O)(=O)O)cc3)c2=O)cc1. The van der Waals surface area contributed by atoms with Gasteiger partial charge in [0.15, 0.2) is 5.36 Å². The van der Waals surface area contributed by atoms with E-state index >= 15 is 0 Å².